The van der Waals surface area contributed by atoms with E-state index < -0.39 is 0 Å². The first-order chi connectivity index (χ1) is 12.8. The number of ether oxygens (including phenoxy) is 3. The molecule has 5 heteroatoms. The second-order valence-electron chi connectivity index (χ2n) is 7.82. The Morgan fingerprint density at radius 3 is 2.62 bits per heavy atom. The molecule has 0 spiro atoms. The first kappa shape index (κ1) is 16.2. The third-order valence-electron chi connectivity index (χ3n) is 5.69. The smallest absolute Gasteiger partial charge is 0.231 e. The zero-order valence-corrected chi connectivity index (χ0v) is 15.1. The van der Waals surface area contributed by atoms with Gasteiger partial charge in [0.25, 0.3) is 0 Å². The number of benzene rings is 1. The minimum absolute atomic E-state index is 0.285. The second kappa shape index (κ2) is 6.95. The lowest BCUT2D eigenvalue weighted by Gasteiger charge is -2.22. The molecule has 138 valence electrons. The molecular weight excluding hydrogens is 328 g/mol. The lowest BCUT2D eigenvalue weighted by Crippen LogP contribution is -2.19. The van der Waals surface area contributed by atoms with Gasteiger partial charge in [-0.3, -0.25) is 0 Å². The molecule has 3 aliphatic rings. The maximum atomic E-state index is 6.23. The molecule has 1 aliphatic heterocycles. The van der Waals surface area contributed by atoms with Crippen molar-refractivity contribution in [3.8, 4) is 17.4 Å². The van der Waals surface area contributed by atoms with E-state index in [1.165, 1.54) is 44.9 Å². The van der Waals surface area contributed by atoms with Crippen molar-refractivity contribution < 1.29 is 14.2 Å². The molecular formula is C21H26N2O3. The van der Waals surface area contributed by atoms with E-state index in [4.69, 9.17) is 19.2 Å². The normalized spacial score (nSPS) is 19.8. The van der Waals surface area contributed by atoms with E-state index in [2.05, 4.69) is 11.4 Å². The zero-order chi connectivity index (χ0) is 17.3. The summed E-state index contributed by atoms with van der Waals surface area (Å²) in [5.74, 6) is 3.01. The van der Waals surface area contributed by atoms with Crippen LogP contribution in [-0.2, 0) is 6.54 Å². The van der Waals surface area contributed by atoms with Gasteiger partial charge < -0.3 is 19.5 Å². The molecule has 5 nitrogen and oxygen atoms in total. The largest absolute Gasteiger partial charge is 0.477 e. The Morgan fingerprint density at radius 1 is 1.00 bits per heavy atom. The summed E-state index contributed by atoms with van der Waals surface area (Å²) in [6, 6.07) is 6.84. The monoisotopic (exact) mass is 354 g/mol. The van der Waals surface area contributed by atoms with Gasteiger partial charge in [-0.1, -0.05) is 19.3 Å². The molecule has 0 saturated heterocycles. The molecule has 0 atom stereocenters. The fraction of sp³-hybridized carbons (Fsp3) is 0.571. The Balaban J connectivity index is 1.42. The molecule has 2 fully saturated rings. The van der Waals surface area contributed by atoms with Crippen LogP contribution in [0.15, 0.2) is 18.2 Å². The summed E-state index contributed by atoms with van der Waals surface area (Å²) < 4.78 is 17.3. The number of aromatic nitrogens is 1. The summed E-state index contributed by atoms with van der Waals surface area (Å²) in [4.78, 5) is 4.84. The third kappa shape index (κ3) is 3.45. The fourth-order valence-corrected chi connectivity index (χ4v) is 3.93. The predicted octanol–water partition coefficient (Wildman–Crippen LogP) is 4.17. The van der Waals surface area contributed by atoms with Crippen LogP contribution in [0.1, 0.15) is 50.5 Å². The molecule has 2 aliphatic carbocycles. The summed E-state index contributed by atoms with van der Waals surface area (Å²) >= 11 is 0. The highest BCUT2D eigenvalue weighted by Crippen LogP contribution is 2.37. The SMILES string of the molecule is c1c(CNC2CC2)c(OCC2CCCCC2)nc2cc3c(cc12)OCO3. The van der Waals surface area contributed by atoms with Crippen LogP contribution in [0.4, 0.5) is 0 Å². The summed E-state index contributed by atoms with van der Waals surface area (Å²) in [7, 11) is 0. The van der Waals surface area contributed by atoms with Gasteiger partial charge in [-0.2, -0.15) is 0 Å². The van der Waals surface area contributed by atoms with Gasteiger partial charge in [0.1, 0.15) is 0 Å². The highest BCUT2D eigenvalue weighted by molar-refractivity contribution is 5.84. The van der Waals surface area contributed by atoms with Crippen molar-refractivity contribution in [2.24, 2.45) is 5.92 Å². The van der Waals surface area contributed by atoms with Crippen molar-refractivity contribution in [1.82, 2.24) is 10.3 Å². The maximum absolute atomic E-state index is 6.23. The lowest BCUT2D eigenvalue weighted by atomic mass is 9.90. The van der Waals surface area contributed by atoms with E-state index >= 15 is 0 Å². The number of nitrogens with zero attached hydrogens (tertiary/aromatic N) is 1. The minimum atomic E-state index is 0.285. The molecule has 1 aromatic heterocycles. The first-order valence-corrected chi connectivity index (χ1v) is 9.94. The minimum Gasteiger partial charge on any atom is -0.477 e. The van der Waals surface area contributed by atoms with Crippen LogP contribution in [0.2, 0.25) is 0 Å². The van der Waals surface area contributed by atoms with E-state index in [0.29, 0.717) is 12.0 Å². The van der Waals surface area contributed by atoms with Crippen molar-refractivity contribution in [3.05, 3.63) is 23.8 Å². The Hall–Kier alpha value is -2.01. The maximum Gasteiger partial charge on any atom is 0.231 e. The van der Waals surface area contributed by atoms with Gasteiger partial charge in [-0.25, -0.2) is 4.98 Å². The highest BCUT2D eigenvalue weighted by atomic mass is 16.7. The van der Waals surface area contributed by atoms with Gasteiger partial charge in [0.15, 0.2) is 11.5 Å². The van der Waals surface area contributed by atoms with Crippen LogP contribution >= 0.6 is 0 Å². The number of hydrogen-bond acceptors (Lipinski definition) is 5. The van der Waals surface area contributed by atoms with Crippen LogP contribution in [0.25, 0.3) is 10.9 Å². The van der Waals surface area contributed by atoms with Crippen LogP contribution in [0.5, 0.6) is 17.4 Å². The summed E-state index contributed by atoms with van der Waals surface area (Å²) in [6.07, 6.45) is 9.14. The molecule has 2 aromatic rings. The number of nitrogens with one attached hydrogen (secondary N) is 1. The molecule has 0 amide bonds. The quantitative estimate of drug-likeness (QED) is 0.843. The van der Waals surface area contributed by atoms with Gasteiger partial charge >= 0.3 is 0 Å². The number of rotatable bonds is 6. The Kier molecular flexibility index (Phi) is 4.33. The molecule has 5 rings (SSSR count). The van der Waals surface area contributed by atoms with E-state index in [0.717, 1.165) is 47.0 Å². The van der Waals surface area contributed by atoms with Crippen molar-refractivity contribution in [2.75, 3.05) is 13.4 Å². The van der Waals surface area contributed by atoms with Crippen molar-refractivity contribution >= 4 is 10.9 Å². The van der Waals surface area contributed by atoms with Crippen molar-refractivity contribution in [1.29, 1.82) is 0 Å². The molecule has 26 heavy (non-hydrogen) atoms. The average molecular weight is 354 g/mol. The molecule has 0 unspecified atom stereocenters. The predicted molar refractivity (Wildman–Crippen MR) is 99.8 cm³/mol. The van der Waals surface area contributed by atoms with Gasteiger partial charge in [-0.05, 0) is 43.7 Å². The van der Waals surface area contributed by atoms with Crippen LogP contribution in [0.3, 0.4) is 0 Å². The fourth-order valence-electron chi connectivity index (χ4n) is 3.93. The average Bonchev–Trinajstić information content (AvgIpc) is 3.40. The summed E-state index contributed by atoms with van der Waals surface area (Å²) in [5, 5.41) is 4.67. The number of hydrogen-bond donors (Lipinski definition) is 1. The van der Waals surface area contributed by atoms with Crippen LogP contribution in [-0.4, -0.2) is 24.4 Å². The zero-order valence-electron chi connectivity index (χ0n) is 15.1. The summed E-state index contributed by atoms with van der Waals surface area (Å²) in [5.41, 5.74) is 2.04. The third-order valence-corrected chi connectivity index (χ3v) is 5.69. The standard InChI is InChI=1S/C21H26N2O3/c1-2-4-14(5-3-1)12-24-21-16(11-22-17-6-7-17)8-15-9-19-20(26-13-25-19)10-18(15)23-21/h8-10,14,17,22H,1-7,11-13H2. The van der Waals surface area contributed by atoms with Crippen LogP contribution in [0, 0.1) is 5.92 Å². The topological polar surface area (TPSA) is 52.6 Å². The first-order valence-electron chi connectivity index (χ1n) is 9.94. The molecule has 0 radical (unpaired) electrons. The molecule has 1 aromatic carbocycles. The lowest BCUT2D eigenvalue weighted by molar-refractivity contribution is 0.174. The second-order valence-corrected chi connectivity index (χ2v) is 7.82. The Labute approximate surface area is 154 Å². The number of pyridine rings is 1. The molecule has 1 N–H and O–H groups in total. The van der Waals surface area contributed by atoms with E-state index in [1.54, 1.807) is 0 Å². The van der Waals surface area contributed by atoms with E-state index in [1.807, 2.05) is 12.1 Å². The van der Waals surface area contributed by atoms with Gasteiger partial charge in [-0.15, -0.1) is 0 Å². The Morgan fingerprint density at radius 2 is 1.81 bits per heavy atom. The Bertz CT molecular complexity index is 797. The van der Waals surface area contributed by atoms with Gasteiger partial charge in [0, 0.05) is 29.6 Å². The van der Waals surface area contributed by atoms with Crippen molar-refractivity contribution in [3.63, 3.8) is 0 Å². The van der Waals surface area contributed by atoms with E-state index in [-0.39, 0.29) is 6.79 Å². The van der Waals surface area contributed by atoms with E-state index in [9.17, 15) is 0 Å². The highest BCUT2D eigenvalue weighted by Gasteiger charge is 2.22. The van der Waals surface area contributed by atoms with Gasteiger partial charge in [0.2, 0.25) is 12.7 Å². The molecule has 2 saturated carbocycles. The number of fused-ring (bicyclic) bond motifs is 2. The summed E-state index contributed by atoms with van der Waals surface area (Å²) in [6.45, 7) is 1.87. The van der Waals surface area contributed by atoms with Crippen LogP contribution < -0.4 is 19.5 Å². The van der Waals surface area contributed by atoms with Gasteiger partial charge in [0.05, 0.1) is 12.1 Å². The van der Waals surface area contributed by atoms with Crippen molar-refractivity contribution in [2.45, 2.75) is 57.5 Å². The molecule has 2 heterocycles. The molecule has 0 bridgehead atoms.